The van der Waals surface area contributed by atoms with Gasteiger partial charge in [-0.2, -0.15) is 0 Å². The van der Waals surface area contributed by atoms with Gasteiger partial charge in [-0.1, -0.05) is 13.0 Å². The minimum atomic E-state index is 0.460. The first-order chi connectivity index (χ1) is 8.65. The van der Waals surface area contributed by atoms with Gasteiger partial charge in [-0.3, -0.25) is 0 Å². The van der Waals surface area contributed by atoms with Crippen molar-refractivity contribution >= 4 is 0 Å². The minimum absolute atomic E-state index is 0.460. The highest BCUT2D eigenvalue weighted by Crippen LogP contribution is 2.38. The zero-order chi connectivity index (χ0) is 13.1. The van der Waals surface area contributed by atoms with Crippen LogP contribution in [0.5, 0.6) is 5.75 Å². The van der Waals surface area contributed by atoms with Crippen molar-refractivity contribution in [2.75, 3.05) is 13.2 Å². The van der Waals surface area contributed by atoms with Crippen LogP contribution in [0.3, 0.4) is 0 Å². The van der Waals surface area contributed by atoms with Crippen molar-refractivity contribution in [2.45, 2.75) is 53.0 Å². The molecule has 0 bridgehead atoms. The van der Waals surface area contributed by atoms with Crippen LogP contribution in [0.4, 0.5) is 0 Å². The largest absolute Gasteiger partial charge is 0.493 e. The molecule has 0 fully saturated rings. The zero-order valence-corrected chi connectivity index (χ0v) is 12.1. The highest BCUT2D eigenvalue weighted by atomic mass is 16.5. The summed E-state index contributed by atoms with van der Waals surface area (Å²) in [5.74, 6) is 1.14. The van der Waals surface area contributed by atoms with Crippen molar-refractivity contribution in [1.82, 2.24) is 5.32 Å². The van der Waals surface area contributed by atoms with Crippen molar-refractivity contribution < 1.29 is 4.74 Å². The van der Waals surface area contributed by atoms with E-state index >= 15 is 0 Å². The Kier molecular flexibility index (Phi) is 4.28. The molecule has 0 saturated heterocycles. The third-order valence-corrected chi connectivity index (χ3v) is 3.91. The molecule has 2 heteroatoms. The van der Waals surface area contributed by atoms with Crippen LogP contribution >= 0.6 is 0 Å². The number of fused-ring (bicyclic) bond motifs is 1. The standard InChI is InChI=1S/C16H25NO/c1-5-8-17-14-7-6-9-18-16-13(4)11(2)10-12(3)15(14)16/h10,14,17H,5-9H2,1-4H3. The molecule has 0 spiro atoms. The summed E-state index contributed by atoms with van der Waals surface area (Å²) in [4.78, 5) is 0. The fourth-order valence-electron chi connectivity index (χ4n) is 2.82. The first-order valence-electron chi connectivity index (χ1n) is 7.12. The van der Waals surface area contributed by atoms with E-state index in [4.69, 9.17) is 4.74 Å². The monoisotopic (exact) mass is 247 g/mol. The second-order valence-electron chi connectivity index (χ2n) is 5.38. The molecule has 2 nitrogen and oxygen atoms in total. The van der Waals surface area contributed by atoms with E-state index in [9.17, 15) is 0 Å². The quantitative estimate of drug-likeness (QED) is 0.876. The first-order valence-corrected chi connectivity index (χ1v) is 7.12. The van der Waals surface area contributed by atoms with E-state index in [1.54, 1.807) is 0 Å². The van der Waals surface area contributed by atoms with Crippen LogP contribution in [0.25, 0.3) is 0 Å². The van der Waals surface area contributed by atoms with Gasteiger partial charge in [0.15, 0.2) is 0 Å². The fraction of sp³-hybridized carbons (Fsp3) is 0.625. The Balaban J connectivity index is 2.43. The van der Waals surface area contributed by atoms with Crippen LogP contribution < -0.4 is 10.1 Å². The summed E-state index contributed by atoms with van der Waals surface area (Å²) in [5, 5.41) is 3.67. The predicted octanol–water partition coefficient (Wildman–Crippen LogP) is 3.83. The molecule has 1 aromatic rings. The molecule has 0 amide bonds. The third-order valence-electron chi connectivity index (χ3n) is 3.91. The van der Waals surface area contributed by atoms with Crippen molar-refractivity contribution in [3.8, 4) is 5.75 Å². The molecule has 0 saturated carbocycles. The van der Waals surface area contributed by atoms with E-state index in [2.05, 4.69) is 39.1 Å². The Morgan fingerprint density at radius 1 is 1.28 bits per heavy atom. The van der Waals surface area contributed by atoms with E-state index in [1.807, 2.05) is 0 Å². The molecule has 1 aromatic carbocycles. The molecule has 0 radical (unpaired) electrons. The lowest BCUT2D eigenvalue weighted by Gasteiger charge is -2.22. The molecule has 0 aromatic heterocycles. The van der Waals surface area contributed by atoms with Gasteiger partial charge in [0.05, 0.1) is 6.61 Å². The molecular weight excluding hydrogens is 222 g/mol. The maximum absolute atomic E-state index is 6.01. The van der Waals surface area contributed by atoms with Gasteiger partial charge < -0.3 is 10.1 Å². The average Bonchev–Trinajstić information content (AvgIpc) is 2.56. The lowest BCUT2D eigenvalue weighted by molar-refractivity contribution is 0.313. The van der Waals surface area contributed by atoms with Crippen molar-refractivity contribution in [3.63, 3.8) is 0 Å². The van der Waals surface area contributed by atoms with Crippen molar-refractivity contribution in [3.05, 3.63) is 28.3 Å². The fourth-order valence-corrected chi connectivity index (χ4v) is 2.82. The van der Waals surface area contributed by atoms with E-state index in [0.29, 0.717) is 6.04 Å². The van der Waals surface area contributed by atoms with Crippen LogP contribution in [-0.4, -0.2) is 13.2 Å². The van der Waals surface area contributed by atoms with E-state index in [0.717, 1.165) is 25.3 Å². The second kappa shape index (κ2) is 5.75. The van der Waals surface area contributed by atoms with Gasteiger partial charge >= 0.3 is 0 Å². The summed E-state index contributed by atoms with van der Waals surface area (Å²) in [7, 11) is 0. The van der Waals surface area contributed by atoms with E-state index in [-0.39, 0.29) is 0 Å². The summed E-state index contributed by atoms with van der Waals surface area (Å²) in [5.41, 5.74) is 5.40. The Morgan fingerprint density at radius 2 is 2.06 bits per heavy atom. The predicted molar refractivity (Wildman–Crippen MR) is 76.4 cm³/mol. The van der Waals surface area contributed by atoms with Gasteiger partial charge in [0.1, 0.15) is 5.75 Å². The van der Waals surface area contributed by atoms with Crippen LogP contribution in [-0.2, 0) is 0 Å². The van der Waals surface area contributed by atoms with Crippen LogP contribution in [0.15, 0.2) is 6.07 Å². The van der Waals surface area contributed by atoms with Gasteiger partial charge in [0.2, 0.25) is 0 Å². The SMILES string of the molecule is CCCNC1CCCOc2c(C)c(C)cc(C)c21. The molecule has 0 aliphatic carbocycles. The minimum Gasteiger partial charge on any atom is -0.493 e. The molecule has 100 valence electrons. The van der Waals surface area contributed by atoms with Gasteiger partial charge in [0.25, 0.3) is 0 Å². The topological polar surface area (TPSA) is 21.3 Å². The Labute approximate surface area is 111 Å². The van der Waals surface area contributed by atoms with E-state index in [1.165, 1.54) is 35.1 Å². The molecule has 2 rings (SSSR count). The van der Waals surface area contributed by atoms with Crippen molar-refractivity contribution in [2.24, 2.45) is 0 Å². The zero-order valence-electron chi connectivity index (χ0n) is 12.1. The molecule has 1 aliphatic rings. The number of hydrogen-bond donors (Lipinski definition) is 1. The van der Waals surface area contributed by atoms with Gasteiger partial charge in [-0.05, 0) is 63.3 Å². The second-order valence-corrected chi connectivity index (χ2v) is 5.38. The van der Waals surface area contributed by atoms with E-state index < -0.39 is 0 Å². The summed E-state index contributed by atoms with van der Waals surface area (Å²) in [6, 6.07) is 2.76. The average molecular weight is 247 g/mol. The van der Waals surface area contributed by atoms with Gasteiger partial charge in [-0.15, -0.1) is 0 Å². The lowest BCUT2D eigenvalue weighted by atomic mass is 9.92. The number of benzene rings is 1. The molecule has 1 aliphatic heterocycles. The Morgan fingerprint density at radius 3 is 2.78 bits per heavy atom. The summed E-state index contributed by atoms with van der Waals surface area (Å²) in [6.07, 6.45) is 3.49. The highest BCUT2D eigenvalue weighted by Gasteiger charge is 2.23. The van der Waals surface area contributed by atoms with Crippen molar-refractivity contribution in [1.29, 1.82) is 0 Å². The third kappa shape index (κ3) is 2.54. The molecule has 1 unspecified atom stereocenters. The van der Waals surface area contributed by atoms with Crippen LogP contribution in [0.2, 0.25) is 0 Å². The maximum Gasteiger partial charge on any atom is 0.127 e. The number of ether oxygens (including phenoxy) is 1. The highest BCUT2D eigenvalue weighted by molar-refractivity contribution is 5.51. The Hall–Kier alpha value is -1.02. The number of aryl methyl sites for hydroxylation is 2. The van der Waals surface area contributed by atoms with Crippen LogP contribution in [0, 0.1) is 20.8 Å². The number of hydrogen-bond acceptors (Lipinski definition) is 2. The smallest absolute Gasteiger partial charge is 0.127 e. The van der Waals surface area contributed by atoms with Crippen LogP contribution in [0.1, 0.15) is 54.5 Å². The summed E-state index contributed by atoms with van der Waals surface area (Å²) >= 11 is 0. The first kappa shape index (κ1) is 13.4. The molecule has 18 heavy (non-hydrogen) atoms. The van der Waals surface area contributed by atoms with Gasteiger partial charge in [-0.25, -0.2) is 0 Å². The summed E-state index contributed by atoms with van der Waals surface area (Å²) in [6.45, 7) is 10.7. The normalized spacial score (nSPS) is 19.0. The molecule has 1 heterocycles. The summed E-state index contributed by atoms with van der Waals surface area (Å²) < 4.78 is 6.01. The maximum atomic E-state index is 6.01. The number of rotatable bonds is 3. The van der Waals surface area contributed by atoms with Gasteiger partial charge in [0, 0.05) is 11.6 Å². The molecular formula is C16H25NO. The Bertz CT molecular complexity index is 426. The number of nitrogens with one attached hydrogen (secondary N) is 1. The lowest BCUT2D eigenvalue weighted by Crippen LogP contribution is -2.22. The molecule has 1 N–H and O–H groups in total. The molecule has 1 atom stereocenters.